The summed E-state index contributed by atoms with van der Waals surface area (Å²) in [5.41, 5.74) is 1.16. The van der Waals surface area contributed by atoms with Crippen molar-refractivity contribution in [3.8, 4) is 0 Å². The SMILES string of the molecule is CCc1nncn1CCNC(=NC)NCc1ccnc(N(C)C)c1.I. The van der Waals surface area contributed by atoms with Gasteiger partial charge in [0, 0.05) is 53.4 Å². The third-order valence-electron chi connectivity index (χ3n) is 3.61. The van der Waals surface area contributed by atoms with Gasteiger partial charge in [-0.05, 0) is 17.7 Å². The highest BCUT2D eigenvalue weighted by atomic mass is 127. The Hall–Kier alpha value is -1.91. The number of pyridine rings is 1. The van der Waals surface area contributed by atoms with E-state index in [9.17, 15) is 0 Å². The van der Waals surface area contributed by atoms with Crippen molar-refractivity contribution in [2.45, 2.75) is 26.4 Å². The van der Waals surface area contributed by atoms with Crippen molar-refractivity contribution in [1.82, 2.24) is 30.4 Å². The molecule has 0 bridgehead atoms. The fraction of sp³-hybridized carbons (Fsp3) is 0.500. The zero-order valence-electron chi connectivity index (χ0n) is 15.2. The summed E-state index contributed by atoms with van der Waals surface area (Å²) < 4.78 is 2.05. The second-order valence-electron chi connectivity index (χ2n) is 5.56. The van der Waals surface area contributed by atoms with Crippen LogP contribution < -0.4 is 15.5 Å². The summed E-state index contributed by atoms with van der Waals surface area (Å²) in [6.07, 6.45) is 4.46. The normalized spacial score (nSPS) is 11.0. The summed E-state index contributed by atoms with van der Waals surface area (Å²) >= 11 is 0. The monoisotopic (exact) mass is 458 g/mol. The van der Waals surface area contributed by atoms with E-state index in [1.807, 2.05) is 35.8 Å². The molecule has 2 rings (SSSR count). The largest absolute Gasteiger partial charge is 0.363 e. The Balaban J connectivity index is 0.00000312. The highest BCUT2D eigenvalue weighted by Crippen LogP contribution is 2.09. The Kier molecular flexibility index (Phi) is 9.17. The number of guanidine groups is 1. The number of nitrogens with one attached hydrogen (secondary N) is 2. The van der Waals surface area contributed by atoms with Crippen molar-refractivity contribution in [3.05, 3.63) is 36.0 Å². The molecule has 0 radical (unpaired) electrons. The van der Waals surface area contributed by atoms with Gasteiger partial charge in [-0.1, -0.05) is 6.92 Å². The van der Waals surface area contributed by atoms with Gasteiger partial charge in [-0.3, -0.25) is 4.99 Å². The van der Waals surface area contributed by atoms with Crippen LogP contribution in [0.5, 0.6) is 0 Å². The number of hydrogen-bond acceptors (Lipinski definition) is 5. The molecule has 2 aromatic rings. The van der Waals surface area contributed by atoms with Crippen molar-refractivity contribution in [2.24, 2.45) is 4.99 Å². The van der Waals surface area contributed by atoms with Crippen molar-refractivity contribution < 1.29 is 0 Å². The number of aromatic nitrogens is 4. The quantitative estimate of drug-likeness (QED) is 0.370. The molecule has 8 nitrogen and oxygen atoms in total. The van der Waals surface area contributed by atoms with E-state index in [0.29, 0.717) is 6.54 Å². The Labute approximate surface area is 166 Å². The molecule has 0 aliphatic carbocycles. The number of nitrogens with zero attached hydrogens (tertiary/aromatic N) is 6. The van der Waals surface area contributed by atoms with Crippen LogP contribution in [-0.2, 0) is 19.5 Å². The third kappa shape index (κ3) is 6.48. The average Bonchev–Trinajstić information content (AvgIpc) is 3.05. The van der Waals surface area contributed by atoms with Gasteiger partial charge in [0.1, 0.15) is 18.0 Å². The molecule has 0 spiro atoms. The Morgan fingerprint density at radius 2 is 2.12 bits per heavy atom. The van der Waals surface area contributed by atoms with Gasteiger partial charge in [-0.15, -0.1) is 34.2 Å². The van der Waals surface area contributed by atoms with E-state index >= 15 is 0 Å². The zero-order valence-corrected chi connectivity index (χ0v) is 17.6. The smallest absolute Gasteiger partial charge is 0.191 e. The summed E-state index contributed by atoms with van der Waals surface area (Å²) in [4.78, 5) is 10.6. The van der Waals surface area contributed by atoms with Gasteiger partial charge in [0.05, 0.1) is 0 Å². The number of anilines is 1. The lowest BCUT2D eigenvalue weighted by Crippen LogP contribution is -2.38. The summed E-state index contributed by atoms with van der Waals surface area (Å²) in [5, 5.41) is 14.6. The molecular formula is C16H27IN8. The van der Waals surface area contributed by atoms with Crippen LogP contribution in [0.4, 0.5) is 5.82 Å². The zero-order chi connectivity index (χ0) is 17.4. The molecule has 0 saturated carbocycles. The molecule has 138 valence electrons. The van der Waals surface area contributed by atoms with Gasteiger partial charge < -0.3 is 20.1 Å². The molecule has 0 fully saturated rings. The van der Waals surface area contributed by atoms with Crippen LogP contribution in [0.1, 0.15) is 18.3 Å². The van der Waals surface area contributed by atoms with Gasteiger partial charge in [-0.25, -0.2) is 4.98 Å². The van der Waals surface area contributed by atoms with Gasteiger partial charge in [0.2, 0.25) is 0 Å². The van der Waals surface area contributed by atoms with Crippen molar-refractivity contribution in [3.63, 3.8) is 0 Å². The van der Waals surface area contributed by atoms with E-state index in [4.69, 9.17) is 0 Å². The number of rotatable bonds is 7. The number of aliphatic imine (C=N–C) groups is 1. The lowest BCUT2D eigenvalue weighted by atomic mass is 10.2. The van der Waals surface area contributed by atoms with Crippen LogP contribution in [0.2, 0.25) is 0 Å². The van der Waals surface area contributed by atoms with Crippen LogP contribution in [0.3, 0.4) is 0 Å². The van der Waals surface area contributed by atoms with Crippen LogP contribution in [-0.4, -0.2) is 53.4 Å². The first-order valence-corrected chi connectivity index (χ1v) is 8.07. The maximum absolute atomic E-state index is 4.32. The van der Waals surface area contributed by atoms with Crippen LogP contribution in [0, 0.1) is 0 Å². The van der Waals surface area contributed by atoms with Crippen molar-refractivity contribution >= 4 is 35.8 Å². The number of hydrogen-bond donors (Lipinski definition) is 2. The highest BCUT2D eigenvalue weighted by molar-refractivity contribution is 14.0. The van der Waals surface area contributed by atoms with E-state index in [1.54, 1.807) is 13.4 Å². The molecule has 2 heterocycles. The van der Waals surface area contributed by atoms with E-state index in [-0.39, 0.29) is 24.0 Å². The molecule has 0 aliphatic heterocycles. The molecule has 0 unspecified atom stereocenters. The molecule has 0 aliphatic rings. The van der Waals surface area contributed by atoms with E-state index < -0.39 is 0 Å². The highest BCUT2D eigenvalue weighted by Gasteiger charge is 2.03. The van der Waals surface area contributed by atoms with E-state index in [1.165, 1.54) is 0 Å². The molecule has 0 amide bonds. The maximum atomic E-state index is 4.32. The minimum atomic E-state index is 0. The van der Waals surface area contributed by atoms with Gasteiger partial charge in [0.15, 0.2) is 5.96 Å². The first-order valence-electron chi connectivity index (χ1n) is 8.07. The van der Waals surface area contributed by atoms with Gasteiger partial charge >= 0.3 is 0 Å². The predicted molar refractivity (Wildman–Crippen MR) is 112 cm³/mol. The second-order valence-corrected chi connectivity index (χ2v) is 5.56. The molecule has 25 heavy (non-hydrogen) atoms. The number of aryl methyl sites for hydroxylation is 1. The fourth-order valence-corrected chi connectivity index (χ4v) is 2.26. The van der Waals surface area contributed by atoms with E-state index in [2.05, 4.69) is 43.8 Å². The minimum Gasteiger partial charge on any atom is -0.363 e. The molecule has 0 saturated heterocycles. The second kappa shape index (κ2) is 10.9. The first-order chi connectivity index (χ1) is 11.6. The standard InChI is InChI=1S/C16H26N8.HI/c1-5-14-22-21-12-24(14)9-8-19-16(17-2)20-11-13-6-7-18-15(10-13)23(3)4;/h6-7,10,12H,5,8-9,11H2,1-4H3,(H2,17,19,20);1H. The van der Waals surface area contributed by atoms with Crippen molar-refractivity contribution in [2.75, 3.05) is 32.6 Å². The summed E-state index contributed by atoms with van der Waals surface area (Å²) in [7, 11) is 5.73. The maximum Gasteiger partial charge on any atom is 0.191 e. The molecule has 0 aromatic carbocycles. The summed E-state index contributed by atoms with van der Waals surface area (Å²) in [6, 6.07) is 4.06. The van der Waals surface area contributed by atoms with Crippen molar-refractivity contribution in [1.29, 1.82) is 0 Å². The minimum absolute atomic E-state index is 0. The lowest BCUT2D eigenvalue weighted by molar-refractivity contribution is 0.632. The average molecular weight is 458 g/mol. The predicted octanol–water partition coefficient (Wildman–Crippen LogP) is 1.28. The van der Waals surface area contributed by atoms with Gasteiger partial charge in [-0.2, -0.15) is 0 Å². The molecule has 2 N–H and O–H groups in total. The van der Waals surface area contributed by atoms with Gasteiger partial charge in [0.25, 0.3) is 0 Å². The molecule has 0 atom stereocenters. The van der Waals surface area contributed by atoms with Crippen LogP contribution in [0.15, 0.2) is 29.6 Å². The van der Waals surface area contributed by atoms with E-state index in [0.717, 1.165) is 42.7 Å². The Bertz CT molecular complexity index is 668. The van der Waals surface area contributed by atoms with Crippen LogP contribution in [0.25, 0.3) is 0 Å². The van der Waals surface area contributed by atoms with Crippen LogP contribution >= 0.6 is 24.0 Å². The Morgan fingerprint density at radius 1 is 1.32 bits per heavy atom. The molecule has 2 aromatic heterocycles. The molecule has 9 heteroatoms. The first kappa shape index (κ1) is 21.1. The summed E-state index contributed by atoms with van der Waals surface area (Å²) in [6.45, 7) is 4.32. The third-order valence-corrected chi connectivity index (χ3v) is 3.61. The lowest BCUT2D eigenvalue weighted by Gasteiger charge is -2.14. The number of halogens is 1. The summed E-state index contributed by atoms with van der Waals surface area (Å²) in [5.74, 6) is 2.70. The topological polar surface area (TPSA) is 83.3 Å². The fourth-order valence-electron chi connectivity index (χ4n) is 2.26. The Morgan fingerprint density at radius 3 is 2.80 bits per heavy atom. The molecular weight excluding hydrogens is 431 g/mol.